The van der Waals surface area contributed by atoms with Crippen molar-refractivity contribution in [3.63, 3.8) is 0 Å². The number of amides is 1. The number of rotatable bonds is 9. The molecule has 0 radical (unpaired) electrons. The Kier molecular flexibility index (Phi) is 8.88. The number of nitrogens with zero attached hydrogens (tertiary/aromatic N) is 3. The van der Waals surface area contributed by atoms with Crippen LogP contribution in [0.25, 0.3) is 11.3 Å². The summed E-state index contributed by atoms with van der Waals surface area (Å²) in [6, 6.07) is 1.18. The van der Waals surface area contributed by atoms with E-state index in [1.807, 2.05) is 0 Å². The number of hydrogen-bond acceptors (Lipinski definition) is 8. The van der Waals surface area contributed by atoms with Crippen LogP contribution < -0.4 is 14.8 Å². The Morgan fingerprint density at radius 1 is 1.37 bits per heavy atom. The lowest BCUT2D eigenvalue weighted by Gasteiger charge is -2.35. The number of hydrogen-bond donors (Lipinski definition) is 2. The van der Waals surface area contributed by atoms with Gasteiger partial charge in [0.1, 0.15) is 15.6 Å². The van der Waals surface area contributed by atoms with E-state index in [1.165, 1.54) is 30.3 Å². The van der Waals surface area contributed by atoms with Crippen LogP contribution in [0.4, 0.5) is 13.2 Å². The van der Waals surface area contributed by atoms with E-state index in [1.54, 1.807) is 6.92 Å². The van der Waals surface area contributed by atoms with Crippen molar-refractivity contribution in [2.24, 2.45) is 0 Å². The first-order chi connectivity index (χ1) is 17.6. The molecule has 0 spiro atoms. The topological polar surface area (TPSA) is 133 Å². The highest BCUT2D eigenvalue weighted by Crippen LogP contribution is 2.38. The van der Waals surface area contributed by atoms with E-state index in [4.69, 9.17) is 21.1 Å². The molecule has 1 aliphatic carbocycles. The summed E-state index contributed by atoms with van der Waals surface area (Å²) >= 11 is 6.54. The van der Waals surface area contributed by atoms with Crippen LogP contribution in [0.2, 0.25) is 5.02 Å². The number of pyridine rings is 1. The Morgan fingerprint density at radius 2 is 2.00 bits per heavy atom. The van der Waals surface area contributed by atoms with E-state index < -0.39 is 38.9 Å². The molecule has 1 saturated carbocycles. The normalized spacial score (nSPS) is 21.1. The summed E-state index contributed by atoms with van der Waals surface area (Å²) in [5, 5.41) is 17.2. The van der Waals surface area contributed by atoms with Crippen LogP contribution >= 0.6 is 11.6 Å². The molecule has 1 unspecified atom stereocenters. The Labute approximate surface area is 223 Å². The van der Waals surface area contributed by atoms with Crippen LogP contribution in [0.1, 0.15) is 50.0 Å². The standard InChI is InChI=1S/C23H30ClF3N4O6S/c1-5-31-20(15-11-28-17(10-16(15)36-3)37-13(2)23(25,26)27)18(24)19(30-31)21(32)29-12-22(33)8-6-14(7-9-22)38(4,34)35/h10-11,13-14,33H,5-9,12H2,1-4H3,(H,29,32). The highest BCUT2D eigenvalue weighted by Gasteiger charge is 2.39. The number of carbonyl (C=O) groups excluding carboxylic acids is 1. The summed E-state index contributed by atoms with van der Waals surface area (Å²) in [5.74, 6) is -0.872. The minimum atomic E-state index is -4.58. The van der Waals surface area contributed by atoms with Gasteiger partial charge in [0.2, 0.25) is 5.88 Å². The minimum Gasteiger partial charge on any atom is -0.496 e. The Bertz CT molecular complexity index is 1280. The van der Waals surface area contributed by atoms with Gasteiger partial charge in [-0.3, -0.25) is 9.48 Å². The lowest BCUT2D eigenvalue weighted by atomic mass is 9.84. The van der Waals surface area contributed by atoms with Crippen molar-refractivity contribution >= 4 is 27.3 Å². The second-order valence-electron chi connectivity index (χ2n) is 9.29. The highest BCUT2D eigenvalue weighted by molar-refractivity contribution is 7.91. The molecule has 0 aliphatic heterocycles. The fourth-order valence-electron chi connectivity index (χ4n) is 4.21. The molecular weight excluding hydrogens is 553 g/mol. The minimum absolute atomic E-state index is 0.0467. The van der Waals surface area contributed by atoms with Gasteiger partial charge in [-0.1, -0.05) is 11.6 Å². The zero-order valence-corrected chi connectivity index (χ0v) is 22.9. The Morgan fingerprint density at radius 3 is 2.53 bits per heavy atom. The van der Waals surface area contributed by atoms with Crippen LogP contribution in [-0.4, -0.2) is 77.2 Å². The van der Waals surface area contributed by atoms with Gasteiger partial charge in [-0.05, 0) is 39.5 Å². The molecular formula is C23H30ClF3N4O6S. The van der Waals surface area contributed by atoms with Gasteiger partial charge in [0, 0.05) is 31.6 Å². The third-order valence-electron chi connectivity index (χ3n) is 6.53. The van der Waals surface area contributed by atoms with Crippen molar-refractivity contribution in [2.45, 2.75) is 69.2 Å². The van der Waals surface area contributed by atoms with Crippen LogP contribution in [0.15, 0.2) is 12.3 Å². The summed E-state index contributed by atoms with van der Waals surface area (Å²) < 4.78 is 73.8. The predicted molar refractivity (Wildman–Crippen MR) is 133 cm³/mol. The summed E-state index contributed by atoms with van der Waals surface area (Å²) in [6.45, 7) is 2.76. The maximum atomic E-state index is 13.0. The molecule has 0 bridgehead atoms. The van der Waals surface area contributed by atoms with Crippen molar-refractivity contribution in [2.75, 3.05) is 19.9 Å². The molecule has 2 heterocycles. The van der Waals surface area contributed by atoms with E-state index >= 15 is 0 Å². The Hall–Kier alpha value is -2.58. The maximum absolute atomic E-state index is 13.0. The zero-order valence-electron chi connectivity index (χ0n) is 21.3. The smallest absolute Gasteiger partial charge is 0.425 e. The van der Waals surface area contributed by atoms with Gasteiger partial charge in [-0.15, -0.1) is 0 Å². The fraction of sp³-hybridized carbons (Fsp3) is 0.609. The number of aromatic nitrogens is 3. The van der Waals surface area contributed by atoms with Crippen molar-refractivity contribution in [3.8, 4) is 22.9 Å². The molecule has 10 nitrogen and oxygen atoms in total. The number of alkyl halides is 3. The van der Waals surface area contributed by atoms with Crippen molar-refractivity contribution in [1.29, 1.82) is 0 Å². The zero-order chi connectivity index (χ0) is 28.5. The summed E-state index contributed by atoms with van der Waals surface area (Å²) in [5.41, 5.74) is -0.872. The molecule has 1 aliphatic rings. The first-order valence-corrected chi connectivity index (χ1v) is 14.2. The van der Waals surface area contributed by atoms with Gasteiger partial charge in [0.25, 0.3) is 5.91 Å². The molecule has 2 aromatic heterocycles. The van der Waals surface area contributed by atoms with Crippen molar-refractivity contribution in [3.05, 3.63) is 23.0 Å². The SMILES string of the molecule is CCn1nc(C(=O)NCC2(O)CCC(S(C)(=O)=O)CC2)c(Cl)c1-c1cnc(OC(C)C(F)(F)F)cc1OC. The molecule has 212 valence electrons. The molecule has 1 amide bonds. The van der Waals surface area contributed by atoms with E-state index in [9.17, 15) is 31.5 Å². The average Bonchev–Trinajstić information content (AvgIpc) is 3.17. The second-order valence-corrected chi connectivity index (χ2v) is 12.0. The lowest BCUT2D eigenvalue weighted by molar-refractivity contribution is -0.190. The first kappa shape index (κ1) is 30.0. The number of methoxy groups -OCH3 is 1. The third-order valence-corrected chi connectivity index (χ3v) is 8.57. The van der Waals surface area contributed by atoms with Gasteiger partial charge in [-0.2, -0.15) is 18.3 Å². The number of aryl methyl sites for hydroxylation is 1. The summed E-state index contributed by atoms with van der Waals surface area (Å²) in [6.07, 6.45) is -3.31. The van der Waals surface area contributed by atoms with Gasteiger partial charge in [-0.25, -0.2) is 13.4 Å². The molecule has 2 aromatic rings. The largest absolute Gasteiger partial charge is 0.496 e. The quantitative estimate of drug-likeness (QED) is 0.460. The molecule has 0 saturated heterocycles. The predicted octanol–water partition coefficient (Wildman–Crippen LogP) is 3.40. The molecule has 2 N–H and O–H groups in total. The van der Waals surface area contributed by atoms with Crippen molar-refractivity contribution in [1.82, 2.24) is 20.1 Å². The number of nitrogens with one attached hydrogen (secondary N) is 1. The fourth-order valence-corrected chi connectivity index (χ4v) is 5.63. The van der Waals surface area contributed by atoms with Gasteiger partial charge in [0.05, 0.1) is 34.2 Å². The first-order valence-electron chi connectivity index (χ1n) is 11.8. The average molecular weight is 583 g/mol. The van der Waals surface area contributed by atoms with Crippen molar-refractivity contribution < 1.29 is 41.0 Å². The molecule has 0 aromatic carbocycles. The van der Waals surface area contributed by atoms with Gasteiger partial charge >= 0.3 is 6.18 Å². The summed E-state index contributed by atoms with van der Waals surface area (Å²) in [4.78, 5) is 16.9. The number of carbonyl (C=O) groups is 1. The van der Waals surface area contributed by atoms with E-state index in [-0.39, 0.29) is 72.4 Å². The van der Waals surface area contributed by atoms with Crippen LogP contribution in [-0.2, 0) is 16.4 Å². The molecule has 1 atom stereocenters. The van der Waals surface area contributed by atoms with Gasteiger partial charge < -0.3 is 19.9 Å². The highest BCUT2D eigenvalue weighted by atomic mass is 35.5. The number of ether oxygens (including phenoxy) is 2. The van der Waals surface area contributed by atoms with Crippen LogP contribution in [0.3, 0.4) is 0 Å². The van der Waals surface area contributed by atoms with Crippen LogP contribution in [0.5, 0.6) is 11.6 Å². The van der Waals surface area contributed by atoms with E-state index in [2.05, 4.69) is 15.4 Å². The third kappa shape index (κ3) is 6.70. The molecule has 15 heteroatoms. The van der Waals surface area contributed by atoms with Crippen LogP contribution in [0, 0.1) is 0 Å². The Balaban J connectivity index is 1.81. The second kappa shape index (κ2) is 11.3. The number of sulfone groups is 1. The molecule has 38 heavy (non-hydrogen) atoms. The summed E-state index contributed by atoms with van der Waals surface area (Å²) in [7, 11) is -1.90. The molecule has 3 rings (SSSR count). The number of aliphatic hydroxyl groups is 1. The molecule has 1 fully saturated rings. The monoisotopic (exact) mass is 582 g/mol. The maximum Gasteiger partial charge on any atom is 0.425 e. The number of halogens is 4. The van der Waals surface area contributed by atoms with E-state index in [0.717, 1.165) is 6.92 Å². The van der Waals surface area contributed by atoms with E-state index in [0.29, 0.717) is 0 Å². The lowest BCUT2D eigenvalue weighted by Crippen LogP contribution is -2.47. The van der Waals surface area contributed by atoms with Gasteiger partial charge in [0.15, 0.2) is 11.8 Å².